The van der Waals surface area contributed by atoms with E-state index in [0.29, 0.717) is 19.3 Å². The molecule has 1 saturated heterocycles. The molecule has 3 unspecified atom stereocenters. The fourth-order valence-electron chi connectivity index (χ4n) is 4.95. The number of rotatable bonds is 8. The van der Waals surface area contributed by atoms with E-state index < -0.39 is 35.0 Å². The smallest absolute Gasteiger partial charge is 0.330 e. The molecule has 3 amide bonds. The van der Waals surface area contributed by atoms with Gasteiger partial charge in [-0.3, -0.25) is 33.6 Å². The maximum Gasteiger partial charge on any atom is 0.330 e. The van der Waals surface area contributed by atoms with Gasteiger partial charge in [0.1, 0.15) is 11.9 Å². The van der Waals surface area contributed by atoms with E-state index in [1.165, 1.54) is 16.4 Å². The van der Waals surface area contributed by atoms with Crippen LogP contribution in [-0.4, -0.2) is 44.8 Å². The lowest BCUT2D eigenvalue weighted by molar-refractivity contribution is -0.146. The summed E-state index contributed by atoms with van der Waals surface area (Å²) < 4.78 is 1.20. The van der Waals surface area contributed by atoms with Gasteiger partial charge in [-0.05, 0) is 31.7 Å². The average Bonchev–Trinajstić information content (AvgIpc) is 3.13. The number of anilines is 2. The molecule has 2 heterocycles. The molecular weight excluding hydrogens is 462 g/mol. The van der Waals surface area contributed by atoms with Crippen molar-refractivity contribution in [2.75, 3.05) is 17.2 Å². The molecule has 1 fully saturated rings. The molecular formula is C26H31N5O5. The predicted molar refractivity (Wildman–Crippen MR) is 135 cm³/mol. The number of carbonyl (C=O) groups is 3. The normalized spacial score (nSPS) is 19.9. The number of unbranched alkanes of at least 4 members (excludes halogenated alkanes) is 1. The van der Waals surface area contributed by atoms with Gasteiger partial charge >= 0.3 is 5.69 Å². The summed E-state index contributed by atoms with van der Waals surface area (Å²) >= 11 is 0. The first-order valence-electron chi connectivity index (χ1n) is 12.3. The van der Waals surface area contributed by atoms with Crippen LogP contribution in [0, 0.1) is 11.8 Å². The van der Waals surface area contributed by atoms with Gasteiger partial charge in [-0.25, -0.2) is 4.79 Å². The molecule has 190 valence electrons. The standard InChI is InChI=1S/C26H31N5O5/c1-3-4-14-29(23(33)16(2)31-24(34)18-12-8-9-13-19(18)25(31)35)20-21(27)30(26(36)28-22(20)32)15-17-10-6-5-7-11-17/h5-11,16,18-19H,3-4,12-15,27H2,1-2H3,(H,28,32,36). The Kier molecular flexibility index (Phi) is 7.23. The van der Waals surface area contributed by atoms with E-state index in [-0.39, 0.29) is 36.4 Å². The van der Waals surface area contributed by atoms with Crippen molar-refractivity contribution in [1.82, 2.24) is 14.5 Å². The van der Waals surface area contributed by atoms with Crippen molar-refractivity contribution in [2.24, 2.45) is 11.8 Å². The molecule has 1 aliphatic carbocycles. The minimum absolute atomic E-state index is 0.0973. The SMILES string of the molecule is CCCCN(C(=O)C(C)N1C(=O)C2CC=CCC2C1=O)c1c(N)n(Cc2ccccc2)c(=O)[nH]c1=O. The highest BCUT2D eigenvalue weighted by Gasteiger charge is 2.50. The number of nitrogens with one attached hydrogen (secondary N) is 1. The first-order chi connectivity index (χ1) is 17.3. The number of nitrogens with two attached hydrogens (primary N) is 1. The Hall–Kier alpha value is -3.95. The van der Waals surface area contributed by atoms with Gasteiger partial charge < -0.3 is 10.6 Å². The van der Waals surface area contributed by atoms with Crippen LogP contribution in [0.2, 0.25) is 0 Å². The second kappa shape index (κ2) is 10.3. The number of carbonyl (C=O) groups excluding carboxylic acids is 3. The first kappa shape index (κ1) is 25.2. The van der Waals surface area contributed by atoms with Crippen molar-refractivity contribution in [2.45, 2.75) is 52.1 Å². The number of nitrogens with zero attached hydrogens (tertiary/aromatic N) is 3. The Morgan fingerprint density at radius 2 is 1.69 bits per heavy atom. The molecule has 0 radical (unpaired) electrons. The van der Waals surface area contributed by atoms with Crippen molar-refractivity contribution in [3.63, 3.8) is 0 Å². The molecule has 2 aliphatic rings. The summed E-state index contributed by atoms with van der Waals surface area (Å²) in [5.41, 5.74) is 5.48. The van der Waals surface area contributed by atoms with Gasteiger partial charge in [0.05, 0.1) is 18.4 Å². The Morgan fingerprint density at radius 3 is 2.28 bits per heavy atom. The van der Waals surface area contributed by atoms with Gasteiger partial charge in [-0.2, -0.15) is 0 Å². The van der Waals surface area contributed by atoms with E-state index in [9.17, 15) is 24.0 Å². The van der Waals surface area contributed by atoms with Gasteiger partial charge in [0, 0.05) is 6.54 Å². The number of allylic oxidation sites excluding steroid dienone is 2. The van der Waals surface area contributed by atoms with Crippen molar-refractivity contribution in [3.8, 4) is 0 Å². The number of imide groups is 1. The van der Waals surface area contributed by atoms with Crippen molar-refractivity contribution in [3.05, 3.63) is 68.9 Å². The van der Waals surface area contributed by atoms with E-state index in [1.807, 2.05) is 49.4 Å². The summed E-state index contributed by atoms with van der Waals surface area (Å²) in [7, 11) is 0. The number of aromatic amines is 1. The average molecular weight is 494 g/mol. The van der Waals surface area contributed by atoms with Gasteiger partial charge in [0.2, 0.25) is 17.7 Å². The second-order valence-corrected chi connectivity index (χ2v) is 9.29. The Morgan fingerprint density at radius 1 is 1.08 bits per heavy atom. The van der Waals surface area contributed by atoms with Crippen LogP contribution in [0.15, 0.2) is 52.1 Å². The molecule has 1 aromatic heterocycles. The van der Waals surface area contributed by atoms with Crippen LogP contribution in [0.25, 0.3) is 0 Å². The van der Waals surface area contributed by atoms with Crippen LogP contribution < -0.4 is 21.9 Å². The third kappa shape index (κ3) is 4.50. The number of hydrogen-bond donors (Lipinski definition) is 2. The number of likely N-dealkylation sites (tertiary alicyclic amines) is 1. The highest BCUT2D eigenvalue weighted by Crippen LogP contribution is 2.36. The van der Waals surface area contributed by atoms with Crippen LogP contribution >= 0.6 is 0 Å². The summed E-state index contributed by atoms with van der Waals surface area (Å²) in [5, 5.41) is 0. The van der Waals surface area contributed by atoms with Crippen molar-refractivity contribution in [1.29, 1.82) is 0 Å². The van der Waals surface area contributed by atoms with Crippen LogP contribution in [0.5, 0.6) is 0 Å². The number of fused-ring (bicyclic) bond motifs is 1. The quantitative estimate of drug-likeness (QED) is 0.423. The monoisotopic (exact) mass is 493 g/mol. The lowest BCUT2D eigenvalue weighted by Gasteiger charge is -2.30. The lowest BCUT2D eigenvalue weighted by atomic mass is 9.85. The Balaban J connectivity index is 1.71. The fourth-order valence-corrected chi connectivity index (χ4v) is 4.95. The number of benzene rings is 1. The summed E-state index contributed by atoms with van der Waals surface area (Å²) in [6, 6.07) is 7.99. The predicted octanol–water partition coefficient (Wildman–Crippen LogP) is 1.64. The molecule has 0 bridgehead atoms. The first-order valence-corrected chi connectivity index (χ1v) is 12.3. The largest absolute Gasteiger partial charge is 0.383 e. The lowest BCUT2D eigenvalue weighted by Crippen LogP contribution is -2.52. The molecule has 3 N–H and O–H groups in total. The van der Waals surface area contributed by atoms with Crippen LogP contribution in [0.4, 0.5) is 11.5 Å². The molecule has 2 aromatic rings. The topological polar surface area (TPSA) is 139 Å². The summed E-state index contributed by atoms with van der Waals surface area (Å²) in [6.07, 6.45) is 5.95. The van der Waals surface area contributed by atoms with E-state index in [2.05, 4.69) is 4.98 Å². The minimum Gasteiger partial charge on any atom is -0.383 e. The van der Waals surface area contributed by atoms with Gasteiger partial charge in [-0.15, -0.1) is 0 Å². The highest BCUT2D eigenvalue weighted by molar-refractivity contribution is 6.10. The zero-order chi connectivity index (χ0) is 26.0. The Labute approximate surface area is 208 Å². The molecule has 1 aliphatic heterocycles. The third-order valence-corrected chi connectivity index (χ3v) is 6.96. The van der Waals surface area contributed by atoms with Gasteiger partial charge in [0.25, 0.3) is 5.56 Å². The summed E-state index contributed by atoms with van der Waals surface area (Å²) in [4.78, 5) is 70.0. The van der Waals surface area contributed by atoms with Crippen LogP contribution in [0.3, 0.4) is 0 Å². The molecule has 3 atom stereocenters. The molecule has 4 rings (SSSR count). The maximum atomic E-state index is 13.8. The number of nitrogen functional groups attached to an aromatic ring is 1. The number of amides is 3. The fraction of sp³-hybridized carbons (Fsp3) is 0.423. The highest BCUT2D eigenvalue weighted by atomic mass is 16.2. The molecule has 1 aromatic carbocycles. The van der Waals surface area contributed by atoms with Crippen molar-refractivity contribution >= 4 is 29.2 Å². The van der Waals surface area contributed by atoms with Crippen LogP contribution in [-0.2, 0) is 20.9 Å². The Bertz CT molecular complexity index is 1290. The molecule has 0 saturated carbocycles. The number of aromatic nitrogens is 2. The number of hydrogen-bond acceptors (Lipinski definition) is 6. The van der Waals surface area contributed by atoms with E-state index >= 15 is 0 Å². The van der Waals surface area contributed by atoms with E-state index in [4.69, 9.17) is 5.73 Å². The van der Waals surface area contributed by atoms with Crippen molar-refractivity contribution < 1.29 is 14.4 Å². The number of H-pyrrole nitrogens is 1. The second-order valence-electron chi connectivity index (χ2n) is 9.29. The molecule has 10 nitrogen and oxygen atoms in total. The third-order valence-electron chi connectivity index (χ3n) is 6.96. The van der Waals surface area contributed by atoms with Gasteiger partial charge in [0.15, 0.2) is 5.69 Å². The zero-order valence-electron chi connectivity index (χ0n) is 20.5. The maximum absolute atomic E-state index is 13.8. The van der Waals surface area contributed by atoms with E-state index in [0.717, 1.165) is 16.9 Å². The minimum atomic E-state index is -1.12. The van der Waals surface area contributed by atoms with Crippen LogP contribution in [0.1, 0.15) is 45.1 Å². The summed E-state index contributed by atoms with van der Waals surface area (Å²) in [6.45, 7) is 3.66. The van der Waals surface area contributed by atoms with Gasteiger partial charge in [-0.1, -0.05) is 55.8 Å². The summed E-state index contributed by atoms with van der Waals surface area (Å²) in [5.74, 6) is -2.44. The zero-order valence-corrected chi connectivity index (χ0v) is 20.5. The molecule has 36 heavy (non-hydrogen) atoms. The van der Waals surface area contributed by atoms with E-state index in [1.54, 1.807) is 0 Å². The molecule has 10 heteroatoms. The molecule has 0 spiro atoms.